The zero-order valence-corrected chi connectivity index (χ0v) is 22.1. The Morgan fingerprint density at radius 1 is 1.22 bits per heavy atom. The molecule has 8 atom stereocenters. The first kappa shape index (κ1) is 26.8. The molecule has 5 fully saturated rings. The molecule has 0 radical (unpaired) electrons. The van der Waals surface area contributed by atoms with Gasteiger partial charge in [-0.3, -0.25) is 15.4 Å². The molecule has 3 saturated heterocycles. The maximum Gasteiger partial charge on any atom is 0.223 e. The van der Waals surface area contributed by atoms with Crippen molar-refractivity contribution < 1.29 is 19.4 Å². The van der Waals surface area contributed by atoms with E-state index in [1.54, 1.807) is 0 Å². The second kappa shape index (κ2) is 12.8. The Morgan fingerprint density at radius 2 is 2.11 bits per heavy atom. The lowest BCUT2D eigenvalue weighted by atomic mass is 9.68. The molecular formula is C27H49N5O4. The predicted octanol–water partition coefficient (Wildman–Crippen LogP) is 0.630. The minimum Gasteiger partial charge on any atom is -0.390 e. The molecule has 3 heterocycles. The van der Waals surface area contributed by atoms with E-state index in [9.17, 15) is 9.90 Å². The zero-order chi connectivity index (χ0) is 24.9. The summed E-state index contributed by atoms with van der Waals surface area (Å²) in [6.45, 7) is 8.51. The van der Waals surface area contributed by atoms with Crippen LogP contribution in [0.15, 0.2) is 0 Å². The van der Waals surface area contributed by atoms with Gasteiger partial charge in [0.25, 0.3) is 0 Å². The van der Waals surface area contributed by atoms with Crippen molar-refractivity contribution in [3.8, 4) is 0 Å². The Morgan fingerprint density at radius 3 is 2.89 bits per heavy atom. The van der Waals surface area contributed by atoms with Crippen LogP contribution in [0.3, 0.4) is 0 Å². The van der Waals surface area contributed by atoms with Gasteiger partial charge >= 0.3 is 0 Å². The topological polar surface area (TPSA) is 107 Å². The van der Waals surface area contributed by atoms with Crippen LogP contribution in [0.2, 0.25) is 0 Å². The number of amides is 1. The van der Waals surface area contributed by atoms with Crippen LogP contribution in [0.4, 0.5) is 0 Å². The number of nitrogens with one attached hydrogen (secondary N) is 4. The highest BCUT2D eigenvalue weighted by molar-refractivity contribution is 5.78. The van der Waals surface area contributed by atoms with Crippen LogP contribution in [0.25, 0.3) is 0 Å². The third kappa shape index (κ3) is 7.18. The number of hydrogen-bond acceptors (Lipinski definition) is 8. The van der Waals surface area contributed by atoms with Gasteiger partial charge in [0.05, 0.1) is 37.8 Å². The summed E-state index contributed by atoms with van der Waals surface area (Å²) in [5, 5.41) is 24.1. The smallest absolute Gasteiger partial charge is 0.223 e. The molecule has 206 valence electrons. The maximum absolute atomic E-state index is 12.8. The normalized spacial score (nSPS) is 38.8. The third-order valence-electron chi connectivity index (χ3n) is 9.43. The first-order valence-electron chi connectivity index (χ1n) is 14.6. The molecule has 2 saturated carbocycles. The number of likely N-dealkylation sites (tertiary alicyclic amines) is 1. The lowest BCUT2D eigenvalue weighted by molar-refractivity contribution is -0.126. The fourth-order valence-electron chi connectivity index (χ4n) is 7.04. The second-order valence-electron chi connectivity index (χ2n) is 12.2. The predicted molar refractivity (Wildman–Crippen MR) is 138 cm³/mol. The number of nitrogens with zero attached hydrogens (tertiary/aromatic N) is 1. The highest BCUT2D eigenvalue weighted by Crippen LogP contribution is 2.41. The Kier molecular flexibility index (Phi) is 9.54. The summed E-state index contributed by atoms with van der Waals surface area (Å²) in [5.41, 5.74) is 0. The lowest BCUT2D eigenvalue weighted by Gasteiger charge is -2.47. The molecule has 5 N–H and O–H groups in total. The number of hydrogen-bond donors (Lipinski definition) is 5. The summed E-state index contributed by atoms with van der Waals surface area (Å²) in [5.74, 6) is 2.12. The van der Waals surface area contributed by atoms with Gasteiger partial charge in [-0.25, -0.2) is 0 Å². The standard InChI is InChI=1S/C27H49N5O4/c1-18-9-23(35-16-24-13-28-17-36-24)10-19-6-8-32(15-25(18)19)14-22(33)12-30-27(34)20-5-7-29-26(11-20)31-21-3-2-4-21/h18-26,28-29,31,33H,2-17H2,1H3,(H,30,34)/t18?,19?,20?,22-,23?,24?,25?,26?/m0/s1. The lowest BCUT2D eigenvalue weighted by Crippen LogP contribution is -2.55. The molecule has 0 bridgehead atoms. The van der Waals surface area contributed by atoms with Crippen LogP contribution in [0.1, 0.15) is 58.3 Å². The van der Waals surface area contributed by atoms with Gasteiger partial charge in [-0.1, -0.05) is 13.3 Å². The molecule has 36 heavy (non-hydrogen) atoms. The SMILES string of the molecule is CC1CC(OCC2CNCO2)CC2CCN(C[C@@H](O)CNC(=O)C3CCNC(NC4CCC4)C3)CC12. The van der Waals surface area contributed by atoms with E-state index < -0.39 is 6.10 Å². The van der Waals surface area contributed by atoms with Gasteiger partial charge in [-0.2, -0.15) is 0 Å². The number of fused-ring (bicyclic) bond motifs is 1. The Labute approximate surface area is 216 Å². The average Bonchev–Trinajstić information content (AvgIpc) is 3.38. The van der Waals surface area contributed by atoms with Crippen molar-refractivity contribution in [2.24, 2.45) is 23.7 Å². The van der Waals surface area contributed by atoms with E-state index in [0.717, 1.165) is 51.9 Å². The van der Waals surface area contributed by atoms with Crippen LogP contribution < -0.4 is 21.3 Å². The van der Waals surface area contributed by atoms with Crippen LogP contribution >= 0.6 is 0 Å². The molecule has 9 nitrogen and oxygen atoms in total. The van der Waals surface area contributed by atoms with Gasteiger partial charge in [0.1, 0.15) is 0 Å². The van der Waals surface area contributed by atoms with Crippen molar-refractivity contribution >= 4 is 5.91 Å². The van der Waals surface area contributed by atoms with E-state index in [1.807, 2.05) is 0 Å². The second-order valence-corrected chi connectivity index (χ2v) is 12.2. The molecule has 0 spiro atoms. The molecule has 0 aromatic rings. The number of carbonyl (C=O) groups is 1. The molecule has 0 aromatic heterocycles. The number of aliphatic hydroxyl groups is 1. The van der Waals surface area contributed by atoms with Crippen molar-refractivity contribution in [2.45, 2.75) is 88.8 Å². The summed E-state index contributed by atoms with van der Waals surface area (Å²) in [4.78, 5) is 15.2. The van der Waals surface area contributed by atoms with E-state index >= 15 is 0 Å². The highest BCUT2D eigenvalue weighted by atomic mass is 16.5. The van der Waals surface area contributed by atoms with E-state index in [4.69, 9.17) is 9.47 Å². The third-order valence-corrected chi connectivity index (χ3v) is 9.43. The Balaban J connectivity index is 0.993. The molecule has 2 aliphatic carbocycles. The summed E-state index contributed by atoms with van der Waals surface area (Å²) < 4.78 is 11.9. The Hall–Kier alpha value is -0.810. The molecule has 9 heteroatoms. The van der Waals surface area contributed by atoms with Crippen molar-refractivity contribution in [1.29, 1.82) is 0 Å². The summed E-state index contributed by atoms with van der Waals surface area (Å²) >= 11 is 0. The van der Waals surface area contributed by atoms with Gasteiger partial charge in [0.15, 0.2) is 0 Å². The van der Waals surface area contributed by atoms with E-state index in [-0.39, 0.29) is 24.1 Å². The van der Waals surface area contributed by atoms with Crippen molar-refractivity contribution in [1.82, 2.24) is 26.2 Å². The number of aliphatic hydroxyl groups excluding tert-OH is 1. The average molecular weight is 508 g/mol. The first-order valence-corrected chi connectivity index (χ1v) is 14.6. The monoisotopic (exact) mass is 507 g/mol. The van der Waals surface area contributed by atoms with Crippen molar-refractivity contribution in [3.05, 3.63) is 0 Å². The van der Waals surface area contributed by atoms with E-state index in [2.05, 4.69) is 33.1 Å². The molecule has 3 aliphatic heterocycles. The van der Waals surface area contributed by atoms with Crippen LogP contribution in [-0.2, 0) is 14.3 Å². The van der Waals surface area contributed by atoms with Crippen molar-refractivity contribution in [3.63, 3.8) is 0 Å². The molecule has 7 unspecified atom stereocenters. The molecule has 0 aromatic carbocycles. The van der Waals surface area contributed by atoms with Gasteiger partial charge in [-0.05, 0) is 75.8 Å². The minimum absolute atomic E-state index is 0.0292. The summed E-state index contributed by atoms with van der Waals surface area (Å²) in [6, 6.07) is 0.615. The fourth-order valence-corrected chi connectivity index (χ4v) is 7.04. The number of β-amino-alcohol motifs (C(OH)–C–C–N with tert-alkyl or cyclic N) is 1. The molecular weight excluding hydrogens is 458 g/mol. The van der Waals surface area contributed by atoms with Gasteiger partial charge < -0.3 is 30.1 Å². The number of ether oxygens (including phenoxy) is 2. The van der Waals surface area contributed by atoms with Crippen LogP contribution in [0, 0.1) is 23.7 Å². The quantitative estimate of drug-likeness (QED) is 0.293. The fraction of sp³-hybridized carbons (Fsp3) is 0.963. The molecule has 5 aliphatic rings. The number of piperidine rings is 2. The molecule has 1 amide bonds. The number of carbonyl (C=O) groups excluding carboxylic acids is 1. The zero-order valence-electron chi connectivity index (χ0n) is 22.1. The van der Waals surface area contributed by atoms with Gasteiger partial charge in [0, 0.05) is 38.1 Å². The Bertz CT molecular complexity index is 704. The summed E-state index contributed by atoms with van der Waals surface area (Å²) in [7, 11) is 0. The van der Waals surface area contributed by atoms with Crippen LogP contribution in [-0.4, -0.2) is 99.0 Å². The number of rotatable bonds is 10. The van der Waals surface area contributed by atoms with E-state index in [0.29, 0.717) is 56.3 Å². The van der Waals surface area contributed by atoms with Crippen LogP contribution in [0.5, 0.6) is 0 Å². The summed E-state index contributed by atoms with van der Waals surface area (Å²) in [6.07, 6.45) is 9.20. The largest absolute Gasteiger partial charge is 0.390 e. The van der Waals surface area contributed by atoms with Gasteiger partial charge in [0.2, 0.25) is 5.91 Å². The van der Waals surface area contributed by atoms with E-state index in [1.165, 1.54) is 25.7 Å². The van der Waals surface area contributed by atoms with Gasteiger partial charge in [-0.15, -0.1) is 0 Å². The minimum atomic E-state index is -0.522. The maximum atomic E-state index is 12.8. The van der Waals surface area contributed by atoms with Crippen molar-refractivity contribution in [2.75, 3.05) is 52.6 Å². The molecule has 5 rings (SSSR count). The highest BCUT2D eigenvalue weighted by Gasteiger charge is 2.40. The first-order chi connectivity index (χ1) is 17.5.